The van der Waals surface area contributed by atoms with E-state index < -0.39 is 24.0 Å². The number of benzene rings is 2. The molecule has 0 spiro atoms. The van der Waals surface area contributed by atoms with Crippen LogP contribution in [0.1, 0.15) is 37.8 Å². The number of carboxylic acid groups (broad SMARTS) is 2. The van der Waals surface area contributed by atoms with Crippen molar-refractivity contribution in [2.24, 2.45) is 11.7 Å². The van der Waals surface area contributed by atoms with E-state index in [4.69, 9.17) is 20.9 Å². The number of aliphatic carboxylic acids is 2. The Morgan fingerprint density at radius 2 is 1.35 bits per heavy atom. The minimum atomic E-state index is -1.02. The molecule has 0 heterocycles. The maximum absolute atomic E-state index is 11.9. The minimum absolute atomic E-state index is 0. The van der Waals surface area contributed by atoms with Crippen molar-refractivity contribution in [3.63, 3.8) is 0 Å². The van der Waals surface area contributed by atoms with Crippen LogP contribution in [0.25, 0.3) is 0 Å². The zero-order valence-electron chi connectivity index (χ0n) is 19.5. The smallest absolute Gasteiger partial charge is 0.480 e. The number of aryl methyl sites for hydroxylation is 1. The molecule has 10 heteroatoms. The van der Waals surface area contributed by atoms with Gasteiger partial charge in [0.1, 0.15) is 12.1 Å². The zero-order valence-corrected chi connectivity index (χ0v) is 19.5. The summed E-state index contributed by atoms with van der Waals surface area (Å²) in [4.78, 5) is 33.4. The van der Waals surface area contributed by atoms with Crippen molar-refractivity contribution < 1.29 is 34.6 Å². The van der Waals surface area contributed by atoms with Crippen LogP contribution in [0.3, 0.4) is 0 Å². The first-order valence-corrected chi connectivity index (χ1v) is 10.8. The Balaban J connectivity index is 0.000000759. The Kier molecular flexibility index (Phi) is 16.5. The van der Waals surface area contributed by atoms with E-state index in [0.29, 0.717) is 18.8 Å². The van der Waals surface area contributed by atoms with Gasteiger partial charge >= 0.3 is 19.6 Å². The van der Waals surface area contributed by atoms with E-state index in [0.717, 1.165) is 11.1 Å². The quantitative estimate of drug-likeness (QED) is 0.281. The maximum atomic E-state index is 11.9. The van der Waals surface area contributed by atoms with Crippen molar-refractivity contribution in [2.75, 3.05) is 0 Å². The van der Waals surface area contributed by atoms with Gasteiger partial charge in [-0.15, -0.1) is 0 Å². The lowest BCUT2D eigenvalue weighted by atomic mass is 10.1. The van der Waals surface area contributed by atoms with Crippen molar-refractivity contribution >= 4 is 25.5 Å². The van der Waals surface area contributed by atoms with E-state index in [9.17, 15) is 19.5 Å². The van der Waals surface area contributed by atoms with Crippen molar-refractivity contribution in [1.82, 2.24) is 5.32 Å². The number of nitrogens with two attached hydrogens (primary N) is 1. The van der Waals surface area contributed by atoms with Gasteiger partial charge in [0.15, 0.2) is 0 Å². The molecule has 1 radical (unpaired) electrons. The number of hydrogen-bond donors (Lipinski definition) is 6. The third-order valence-electron chi connectivity index (χ3n) is 4.44. The Morgan fingerprint density at radius 1 is 0.882 bits per heavy atom. The van der Waals surface area contributed by atoms with E-state index in [1.54, 1.807) is 0 Å². The lowest BCUT2D eigenvalue weighted by Gasteiger charge is -2.14. The Labute approximate surface area is 200 Å². The number of hydrogen-bond acceptors (Lipinski definition) is 6. The first-order chi connectivity index (χ1) is 16.1. The molecular formula is C24H34BN2O7. The summed E-state index contributed by atoms with van der Waals surface area (Å²) in [5, 5.41) is 34.2. The molecule has 0 aliphatic rings. The second-order valence-corrected chi connectivity index (χ2v) is 7.82. The summed E-state index contributed by atoms with van der Waals surface area (Å²) in [6.07, 6.45) is 1.72. The van der Waals surface area contributed by atoms with Gasteiger partial charge in [0, 0.05) is 12.8 Å². The van der Waals surface area contributed by atoms with Gasteiger partial charge in [-0.2, -0.15) is 0 Å². The highest BCUT2D eigenvalue weighted by Crippen LogP contribution is 2.06. The number of carbonyl (C=O) groups excluding carboxylic acids is 1. The molecule has 2 rings (SSSR count). The topological polar surface area (TPSA) is 170 Å². The summed E-state index contributed by atoms with van der Waals surface area (Å²) >= 11 is 0. The highest BCUT2D eigenvalue weighted by Gasteiger charge is 2.20. The van der Waals surface area contributed by atoms with Gasteiger partial charge < -0.3 is 31.3 Å². The van der Waals surface area contributed by atoms with Crippen LogP contribution in [-0.2, 0) is 27.2 Å². The molecule has 0 saturated heterocycles. The summed E-state index contributed by atoms with van der Waals surface area (Å²) in [7, 11) is 0. The van der Waals surface area contributed by atoms with Crippen LogP contribution in [0.4, 0.5) is 0 Å². The molecule has 0 saturated carbocycles. The minimum Gasteiger partial charge on any atom is -0.480 e. The first kappa shape index (κ1) is 30.8. The molecule has 0 fully saturated rings. The fourth-order valence-electron chi connectivity index (χ4n) is 2.83. The fourth-order valence-corrected chi connectivity index (χ4v) is 2.83. The predicted octanol–water partition coefficient (Wildman–Crippen LogP) is 1.38. The Bertz CT molecular complexity index is 836. The molecule has 0 unspecified atom stereocenters. The van der Waals surface area contributed by atoms with Crippen LogP contribution in [0.5, 0.6) is 0 Å². The second-order valence-electron chi connectivity index (χ2n) is 7.82. The van der Waals surface area contributed by atoms with Crippen molar-refractivity contribution in [1.29, 1.82) is 0 Å². The van der Waals surface area contributed by atoms with Gasteiger partial charge in [-0.05, 0) is 29.9 Å². The molecular weight excluding hydrogens is 439 g/mol. The molecule has 0 aliphatic heterocycles. The molecule has 2 aromatic rings. The third kappa shape index (κ3) is 15.6. The number of rotatable bonds is 10. The normalized spacial score (nSPS) is 11.6. The number of amides is 1. The maximum Gasteiger partial charge on any atom is 0.482 e. The largest absolute Gasteiger partial charge is 0.482 e. The van der Waals surface area contributed by atoms with Crippen LogP contribution >= 0.6 is 0 Å². The molecule has 1 amide bonds. The van der Waals surface area contributed by atoms with E-state index in [2.05, 4.69) is 5.32 Å². The number of carbonyl (C=O) groups is 3. The zero-order chi connectivity index (χ0) is 25.9. The average molecular weight is 473 g/mol. The van der Waals surface area contributed by atoms with Gasteiger partial charge in [-0.25, -0.2) is 4.79 Å². The van der Waals surface area contributed by atoms with Gasteiger partial charge in [-0.1, -0.05) is 74.5 Å². The first-order valence-electron chi connectivity index (χ1n) is 10.8. The second kappa shape index (κ2) is 18.2. The summed E-state index contributed by atoms with van der Waals surface area (Å²) in [5.74, 6) is -1.82. The molecule has 2 aromatic carbocycles. The van der Waals surface area contributed by atoms with E-state index in [1.165, 1.54) is 0 Å². The van der Waals surface area contributed by atoms with Crippen LogP contribution in [0, 0.1) is 5.92 Å². The van der Waals surface area contributed by atoms with Crippen LogP contribution in [0.15, 0.2) is 60.7 Å². The summed E-state index contributed by atoms with van der Waals surface area (Å²) < 4.78 is 0. The van der Waals surface area contributed by atoms with Gasteiger partial charge in [0.05, 0.1) is 0 Å². The SMILES string of the molecule is CC(C)C[C@H](N)C(=O)O.O=C(CCc1ccccc1)N[C@@H](Cc1ccccc1)C(=O)O.O[B]O. The fraction of sp³-hybridized carbons (Fsp3) is 0.375. The molecule has 185 valence electrons. The van der Waals surface area contributed by atoms with Crippen molar-refractivity contribution in [2.45, 2.75) is 51.6 Å². The lowest BCUT2D eigenvalue weighted by molar-refractivity contribution is -0.141. The van der Waals surface area contributed by atoms with E-state index >= 15 is 0 Å². The molecule has 2 atom stereocenters. The average Bonchev–Trinajstić information content (AvgIpc) is 2.79. The summed E-state index contributed by atoms with van der Waals surface area (Å²) in [6, 6.07) is 17.4. The number of carboxylic acids is 2. The van der Waals surface area contributed by atoms with Gasteiger partial charge in [0.2, 0.25) is 5.91 Å². The molecule has 34 heavy (non-hydrogen) atoms. The number of nitrogens with one attached hydrogen (secondary N) is 1. The molecule has 0 aliphatic carbocycles. The van der Waals surface area contributed by atoms with Gasteiger partial charge in [0.25, 0.3) is 0 Å². The molecule has 9 nitrogen and oxygen atoms in total. The van der Waals surface area contributed by atoms with E-state index in [-0.39, 0.29) is 26.4 Å². The van der Waals surface area contributed by atoms with Crippen molar-refractivity contribution in [3.05, 3.63) is 71.8 Å². The predicted molar refractivity (Wildman–Crippen MR) is 130 cm³/mol. The molecule has 0 bridgehead atoms. The van der Waals surface area contributed by atoms with Crippen LogP contribution in [-0.4, -0.2) is 57.9 Å². The van der Waals surface area contributed by atoms with Gasteiger partial charge in [-0.3, -0.25) is 9.59 Å². The van der Waals surface area contributed by atoms with Crippen LogP contribution in [0.2, 0.25) is 0 Å². The monoisotopic (exact) mass is 473 g/mol. The lowest BCUT2D eigenvalue weighted by Crippen LogP contribution is -2.42. The highest BCUT2D eigenvalue weighted by atomic mass is 16.4. The van der Waals surface area contributed by atoms with Crippen molar-refractivity contribution in [3.8, 4) is 0 Å². The van der Waals surface area contributed by atoms with E-state index in [1.807, 2.05) is 74.5 Å². The summed E-state index contributed by atoms with van der Waals surface area (Å²) in [6.45, 7) is 3.89. The molecule has 0 aromatic heterocycles. The third-order valence-corrected chi connectivity index (χ3v) is 4.44. The Hall–Kier alpha value is -3.21. The molecule has 7 N–H and O–H groups in total. The Morgan fingerprint density at radius 3 is 1.74 bits per heavy atom. The standard InChI is InChI=1S/C18H19NO3.C6H13NO2.BH2O2/c20-17(12-11-14-7-3-1-4-8-14)19-16(18(21)22)13-15-9-5-2-6-10-15;1-4(2)3-5(7)6(8)9;2-1-3/h1-10,16H,11-13H2,(H,19,20)(H,21,22);4-5H,3,7H2,1-2H3,(H,8,9);2-3H/t16-;5-;/m00./s1. The van der Waals surface area contributed by atoms with Crippen LogP contribution < -0.4 is 11.1 Å². The highest BCUT2D eigenvalue weighted by molar-refractivity contribution is 6.13. The summed E-state index contributed by atoms with van der Waals surface area (Å²) in [5.41, 5.74) is 7.17.